The van der Waals surface area contributed by atoms with Crippen LogP contribution in [-0.2, 0) is 19.2 Å². The normalized spacial score (nSPS) is 27.4. The van der Waals surface area contributed by atoms with E-state index in [0.717, 1.165) is 8.45 Å². The largest absolute Gasteiger partial charge is 1.00 e. The van der Waals surface area contributed by atoms with E-state index in [-0.39, 0.29) is 43.8 Å². The number of fused-ring (bicyclic) bond motifs is 6. The predicted octanol–water partition coefficient (Wildman–Crippen LogP) is 0.421. The molecule has 2 aliphatic carbocycles. The molecular weight excluding hydrogens is 388 g/mol. The maximum Gasteiger partial charge on any atom is -1.00 e. The minimum Gasteiger partial charge on any atom is -1.00 e. The van der Waals surface area contributed by atoms with Crippen molar-refractivity contribution < 1.29 is 28.6 Å². The Hall–Kier alpha value is -0.646. The first-order valence-corrected chi connectivity index (χ1v) is 14.2. The maximum absolute atomic E-state index is 2.56. The molecule has 0 nitrogen and oxygen atoms in total. The molecule has 4 unspecified atom stereocenters. The molecule has 1 saturated heterocycles. The van der Waals surface area contributed by atoms with E-state index < -0.39 is 0 Å². The van der Waals surface area contributed by atoms with Crippen molar-refractivity contribution in [3.63, 3.8) is 0 Å². The Morgan fingerprint density at radius 1 is 0.680 bits per heavy atom. The fraction of sp³-hybridized carbons (Fsp3) is 0.200. The topological polar surface area (TPSA) is 0 Å². The number of benzene rings is 2. The minimum absolute atomic E-state index is 0. The zero-order chi connectivity index (χ0) is 15.6. The molecule has 0 radical (unpaired) electrons. The van der Waals surface area contributed by atoms with E-state index >= 15 is 0 Å². The van der Waals surface area contributed by atoms with E-state index in [1.54, 1.807) is 11.1 Å². The molecule has 3 aliphatic rings. The Bertz CT molecular complexity index is 806. The number of allylic oxidation sites excluding steroid dienone is 2. The fourth-order valence-corrected chi connectivity index (χ4v) is 15.7. The summed E-state index contributed by atoms with van der Waals surface area (Å²) in [6, 6.07) is 18.3. The van der Waals surface area contributed by atoms with Crippen molar-refractivity contribution in [2.45, 2.75) is 8.45 Å². The van der Waals surface area contributed by atoms with Gasteiger partial charge in [-0.2, -0.15) is 0 Å². The SMILES string of the molecule is CP1C2=Cc3ccccc3[CH]2[Ti+2][CH]2C(=Cc3ccccc32)P1C.[F-].[F-]. The summed E-state index contributed by atoms with van der Waals surface area (Å²) in [6.07, 6.45) is 5.11. The molecule has 5 rings (SSSR count). The third-order valence-corrected chi connectivity index (χ3v) is 16.3. The van der Waals surface area contributed by atoms with Gasteiger partial charge in [0.2, 0.25) is 0 Å². The van der Waals surface area contributed by atoms with Crippen molar-refractivity contribution in [3.8, 4) is 0 Å². The standard InChI is InChI=1S/C20H18P2.2FH.Ti/c1-21(19-11-15-7-3-4-8-16(15)12-19)22(2)20-13-17-9-5-6-10-18(17)14-20;;;/h3-14H,1-2H3;2*1H;/q;;;+2/p-2. The number of hydrogen-bond donors (Lipinski definition) is 0. The minimum atomic E-state index is -0.101. The quantitative estimate of drug-likeness (QED) is 0.440. The van der Waals surface area contributed by atoms with Crippen LogP contribution < -0.4 is 9.41 Å². The molecule has 5 heteroatoms. The van der Waals surface area contributed by atoms with Gasteiger partial charge in [-0.05, 0) is 0 Å². The molecule has 2 aromatic rings. The fourth-order valence-electron chi connectivity index (χ4n) is 4.04. The Morgan fingerprint density at radius 3 is 1.52 bits per heavy atom. The third-order valence-electron chi connectivity index (χ3n) is 5.34. The zero-order valence-electron chi connectivity index (χ0n) is 14.1. The van der Waals surface area contributed by atoms with Gasteiger partial charge in [0, 0.05) is 0 Å². The van der Waals surface area contributed by atoms with E-state index in [2.05, 4.69) is 74.0 Å². The van der Waals surface area contributed by atoms with Crippen LogP contribution in [0.1, 0.15) is 30.7 Å². The van der Waals surface area contributed by atoms with Crippen LogP contribution in [0, 0.1) is 0 Å². The molecule has 1 fully saturated rings. The van der Waals surface area contributed by atoms with Crippen LogP contribution in [0.2, 0.25) is 0 Å². The van der Waals surface area contributed by atoms with Crippen molar-refractivity contribution >= 4 is 27.4 Å². The smallest absolute Gasteiger partial charge is 1.00 e. The van der Waals surface area contributed by atoms with Crippen molar-refractivity contribution in [2.24, 2.45) is 0 Å². The summed E-state index contributed by atoms with van der Waals surface area (Å²) in [7, 11) is -0.0233. The summed E-state index contributed by atoms with van der Waals surface area (Å²) in [5, 5.41) is 3.62. The van der Waals surface area contributed by atoms with E-state index in [1.807, 2.05) is 10.6 Å². The summed E-state index contributed by atoms with van der Waals surface area (Å²) < 4.78 is 1.55. The van der Waals surface area contributed by atoms with E-state index in [9.17, 15) is 0 Å². The van der Waals surface area contributed by atoms with E-state index in [0.29, 0.717) is 0 Å². The van der Waals surface area contributed by atoms with Gasteiger partial charge in [-0.1, -0.05) is 0 Å². The number of halogens is 2. The van der Waals surface area contributed by atoms with Gasteiger partial charge >= 0.3 is 150 Å². The first kappa shape index (κ1) is 19.1. The molecule has 4 atom stereocenters. The number of rotatable bonds is 0. The van der Waals surface area contributed by atoms with Crippen LogP contribution in [0.4, 0.5) is 0 Å². The Kier molecular flexibility index (Phi) is 5.48. The van der Waals surface area contributed by atoms with Gasteiger partial charge in [-0.15, -0.1) is 0 Å². The summed E-state index contributed by atoms with van der Waals surface area (Å²) in [6.45, 7) is 5.09. The molecule has 0 amide bonds. The third kappa shape index (κ3) is 2.83. The molecule has 0 aromatic heterocycles. The van der Waals surface area contributed by atoms with Gasteiger partial charge in [0.15, 0.2) is 0 Å². The van der Waals surface area contributed by atoms with Crippen LogP contribution in [-0.4, -0.2) is 13.3 Å². The molecule has 0 saturated carbocycles. The van der Waals surface area contributed by atoms with E-state index in [4.69, 9.17) is 0 Å². The molecule has 1 aliphatic heterocycles. The monoisotopic (exact) mass is 406 g/mol. The van der Waals surface area contributed by atoms with Gasteiger partial charge in [0.1, 0.15) is 0 Å². The van der Waals surface area contributed by atoms with Crippen LogP contribution >= 0.6 is 15.2 Å². The molecule has 0 bridgehead atoms. The van der Waals surface area contributed by atoms with Gasteiger partial charge in [-0.3, -0.25) is 0 Å². The van der Waals surface area contributed by atoms with E-state index in [1.165, 1.54) is 11.1 Å². The first-order chi connectivity index (χ1) is 11.2. The average molecular weight is 406 g/mol. The molecule has 0 N–H and O–H groups in total. The van der Waals surface area contributed by atoms with Crippen molar-refractivity contribution in [1.29, 1.82) is 0 Å². The predicted molar refractivity (Wildman–Crippen MR) is 100 cm³/mol. The summed E-state index contributed by atoms with van der Waals surface area (Å²) >= 11 is -0.101. The maximum atomic E-state index is 2.56. The van der Waals surface area contributed by atoms with Crippen LogP contribution in [0.3, 0.4) is 0 Å². The first-order valence-electron chi connectivity index (χ1n) is 8.08. The van der Waals surface area contributed by atoms with Crippen molar-refractivity contribution in [1.82, 2.24) is 0 Å². The second-order valence-corrected chi connectivity index (χ2v) is 15.5. The Morgan fingerprint density at radius 2 is 1.08 bits per heavy atom. The molecule has 1 heterocycles. The Labute approximate surface area is 158 Å². The van der Waals surface area contributed by atoms with Gasteiger partial charge in [-0.25, -0.2) is 0 Å². The summed E-state index contributed by atoms with van der Waals surface area (Å²) in [4.78, 5) is 0. The second-order valence-electron chi connectivity index (χ2n) is 6.48. The molecule has 126 valence electrons. The van der Waals surface area contributed by atoms with Crippen LogP contribution in [0.5, 0.6) is 0 Å². The van der Waals surface area contributed by atoms with Gasteiger partial charge in [0.25, 0.3) is 0 Å². The molecular formula is C20H18F2P2Ti. The van der Waals surface area contributed by atoms with Gasteiger partial charge < -0.3 is 9.41 Å². The van der Waals surface area contributed by atoms with Crippen LogP contribution in [0.15, 0.2) is 59.2 Å². The van der Waals surface area contributed by atoms with Gasteiger partial charge in [0.05, 0.1) is 0 Å². The Balaban J connectivity index is 0.000000911. The number of hydrogen-bond acceptors (Lipinski definition) is 0. The summed E-state index contributed by atoms with van der Waals surface area (Å²) in [5.74, 6) is 0. The second kappa shape index (κ2) is 7.17. The summed E-state index contributed by atoms with van der Waals surface area (Å²) in [5.41, 5.74) is 6.28. The van der Waals surface area contributed by atoms with Crippen molar-refractivity contribution in [3.05, 3.63) is 81.4 Å². The van der Waals surface area contributed by atoms with Crippen LogP contribution in [0.25, 0.3) is 12.2 Å². The zero-order valence-corrected chi connectivity index (χ0v) is 17.4. The molecule has 0 spiro atoms. The molecule has 25 heavy (non-hydrogen) atoms. The average Bonchev–Trinajstić information content (AvgIpc) is 3.11. The van der Waals surface area contributed by atoms with Crippen molar-refractivity contribution in [2.75, 3.05) is 13.3 Å². The molecule has 2 aromatic carbocycles.